The lowest BCUT2D eigenvalue weighted by molar-refractivity contribution is -0.119. The van der Waals surface area contributed by atoms with Gasteiger partial charge in [0.25, 0.3) is 5.56 Å². The smallest absolute Gasteiger partial charge is 0.275 e. The maximum atomic E-state index is 12.6. The van der Waals surface area contributed by atoms with E-state index in [0.717, 1.165) is 0 Å². The molecule has 0 radical (unpaired) electrons. The van der Waals surface area contributed by atoms with Gasteiger partial charge in [-0.25, -0.2) is 4.98 Å². The summed E-state index contributed by atoms with van der Waals surface area (Å²) in [7, 11) is 0. The van der Waals surface area contributed by atoms with Crippen LogP contribution < -0.4 is 25.7 Å². The second-order valence-electron chi connectivity index (χ2n) is 7.63. The van der Waals surface area contributed by atoms with Crippen LogP contribution in [0.2, 0.25) is 0 Å². The molecule has 5 rings (SSSR count). The number of benzene rings is 3. The number of aromatic amines is 1. The monoisotopic (exact) mass is 442 g/mol. The van der Waals surface area contributed by atoms with Crippen molar-refractivity contribution < 1.29 is 14.3 Å². The molecule has 0 spiro atoms. The molecule has 166 valence electrons. The zero-order valence-corrected chi connectivity index (χ0v) is 17.7. The van der Waals surface area contributed by atoms with Crippen LogP contribution in [-0.4, -0.2) is 41.7 Å². The predicted octanol–water partition coefficient (Wildman–Crippen LogP) is 2.96. The fourth-order valence-corrected chi connectivity index (χ4v) is 3.69. The first-order chi connectivity index (χ1) is 16.2. The maximum absolute atomic E-state index is 12.6. The summed E-state index contributed by atoms with van der Waals surface area (Å²) in [6, 6.07) is 22.1. The number of hydrogen-bond acceptors (Lipinski definition) is 6. The third kappa shape index (κ3) is 4.50. The number of carbonyl (C=O) groups is 1. The number of hydrogen-bond donors (Lipinski definition) is 3. The van der Waals surface area contributed by atoms with Crippen molar-refractivity contribution in [1.82, 2.24) is 15.3 Å². The van der Waals surface area contributed by atoms with Gasteiger partial charge in [0.2, 0.25) is 5.91 Å². The van der Waals surface area contributed by atoms with Crippen LogP contribution in [-0.2, 0) is 4.79 Å². The summed E-state index contributed by atoms with van der Waals surface area (Å²) in [5, 5.41) is 5.97. The molecule has 8 nitrogen and oxygen atoms in total. The van der Waals surface area contributed by atoms with Gasteiger partial charge in [0, 0.05) is 11.3 Å². The van der Waals surface area contributed by atoms with Crippen LogP contribution >= 0.6 is 0 Å². The lowest BCUT2D eigenvalue weighted by atomic mass is 10.1. The molecule has 0 bridgehead atoms. The maximum Gasteiger partial charge on any atom is 0.275 e. The van der Waals surface area contributed by atoms with Crippen molar-refractivity contribution in [2.75, 3.05) is 25.0 Å². The van der Waals surface area contributed by atoms with Gasteiger partial charge in [-0.3, -0.25) is 9.59 Å². The average molecular weight is 442 g/mol. The molecular formula is C25H22N4O4. The summed E-state index contributed by atoms with van der Waals surface area (Å²) < 4.78 is 11.5. The Morgan fingerprint density at radius 1 is 1.00 bits per heavy atom. The van der Waals surface area contributed by atoms with E-state index in [-0.39, 0.29) is 24.1 Å². The Labute approximate surface area is 189 Å². The zero-order valence-electron chi connectivity index (χ0n) is 17.7. The summed E-state index contributed by atoms with van der Waals surface area (Å²) in [5.74, 6) is 1.17. The standard InChI is InChI=1S/C25H22N4O4/c30-23(27-13-16-15-32-21-11-5-6-12-22(21)33-16)14-26-18-8-2-1-7-17(18)24-25(31)29-20-10-4-3-9-19(20)28-24/h1-12,16,26H,13-15H2,(H,27,30)(H,29,31). The van der Waals surface area contributed by atoms with Crippen molar-refractivity contribution in [3.8, 4) is 22.8 Å². The molecule has 1 unspecified atom stereocenters. The molecule has 1 aromatic heterocycles. The van der Waals surface area contributed by atoms with Gasteiger partial charge in [0.1, 0.15) is 18.4 Å². The van der Waals surface area contributed by atoms with Crippen LogP contribution in [0.5, 0.6) is 11.5 Å². The Hall–Kier alpha value is -4.33. The number of nitrogens with one attached hydrogen (secondary N) is 3. The molecule has 0 saturated carbocycles. The van der Waals surface area contributed by atoms with Crippen LogP contribution in [0.25, 0.3) is 22.3 Å². The highest BCUT2D eigenvalue weighted by molar-refractivity contribution is 5.85. The molecule has 33 heavy (non-hydrogen) atoms. The van der Waals surface area contributed by atoms with Crippen molar-refractivity contribution in [1.29, 1.82) is 0 Å². The van der Waals surface area contributed by atoms with E-state index in [1.54, 1.807) is 6.07 Å². The molecule has 8 heteroatoms. The van der Waals surface area contributed by atoms with Crippen molar-refractivity contribution >= 4 is 22.6 Å². The van der Waals surface area contributed by atoms with Crippen LogP contribution in [0, 0.1) is 0 Å². The summed E-state index contributed by atoms with van der Waals surface area (Å²) in [5.41, 5.74) is 2.64. The van der Waals surface area contributed by atoms with Gasteiger partial charge in [-0.05, 0) is 30.3 Å². The van der Waals surface area contributed by atoms with E-state index in [9.17, 15) is 9.59 Å². The van der Waals surface area contributed by atoms with E-state index in [0.29, 0.717) is 52.6 Å². The highest BCUT2D eigenvalue weighted by Gasteiger charge is 2.21. The summed E-state index contributed by atoms with van der Waals surface area (Å²) in [6.07, 6.45) is -0.267. The quantitative estimate of drug-likeness (QED) is 0.424. The average Bonchev–Trinajstić information content (AvgIpc) is 2.86. The number of carbonyl (C=O) groups excluding carboxylic acids is 1. The van der Waals surface area contributed by atoms with Crippen molar-refractivity contribution in [3.63, 3.8) is 0 Å². The first-order valence-electron chi connectivity index (χ1n) is 10.6. The van der Waals surface area contributed by atoms with Crippen molar-refractivity contribution in [2.24, 2.45) is 0 Å². The summed E-state index contributed by atoms with van der Waals surface area (Å²) >= 11 is 0. The molecule has 4 aromatic rings. The van der Waals surface area contributed by atoms with Gasteiger partial charge in [-0.2, -0.15) is 0 Å². The highest BCUT2D eigenvalue weighted by atomic mass is 16.6. The first kappa shape index (κ1) is 20.6. The number of H-pyrrole nitrogens is 1. The van der Waals surface area contributed by atoms with E-state index in [1.807, 2.05) is 66.7 Å². The van der Waals surface area contributed by atoms with Gasteiger partial charge in [-0.15, -0.1) is 0 Å². The second kappa shape index (κ2) is 9.04. The SMILES string of the molecule is O=C(CNc1ccccc1-c1nc2ccccc2[nH]c1=O)NCC1COc2ccccc2O1. The Balaban J connectivity index is 1.24. The third-order valence-corrected chi connectivity index (χ3v) is 5.32. The number of fused-ring (bicyclic) bond motifs is 2. The second-order valence-corrected chi connectivity index (χ2v) is 7.63. The predicted molar refractivity (Wildman–Crippen MR) is 126 cm³/mol. The largest absolute Gasteiger partial charge is 0.486 e. The minimum Gasteiger partial charge on any atom is -0.486 e. The molecule has 0 fully saturated rings. The molecule has 1 aliphatic rings. The molecule has 1 aliphatic heterocycles. The minimum atomic E-state index is -0.290. The van der Waals surface area contributed by atoms with Gasteiger partial charge >= 0.3 is 0 Å². The van der Waals surface area contributed by atoms with Gasteiger partial charge in [-0.1, -0.05) is 42.5 Å². The van der Waals surface area contributed by atoms with E-state index in [2.05, 4.69) is 20.6 Å². The third-order valence-electron chi connectivity index (χ3n) is 5.32. The number of ether oxygens (including phenoxy) is 2. The van der Waals surface area contributed by atoms with E-state index in [1.165, 1.54) is 0 Å². The summed E-state index contributed by atoms with van der Waals surface area (Å²) in [4.78, 5) is 32.5. The van der Waals surface area contributed by atoms with Gasteiger partial charge in [0.05, 0.1) is 24.1 Å². The highest BCUT2D eigenvalue weighted by Crippen LogP contribution is 2.30. The number of amides is 1. The van der Waals surface area contributed by atoms with Crippen LogP contribution in [0.1, 0.15) is 0 Å². The molecule has 0 saturated heterocycles. The Kier molecular flexibility index (Phi) is 5.63. The van der Waals surface area contributed by atoms with Gasteiger partial charge < -0.3 is 25.1 Å². The Morgan fingerprint density at radius 3 is 2.67 bits per heavy atom. The number of aromatic nitrogens is 2. The Bertz CT molecular complexity index is 1370. The Morgan fingerprint density at radius 2 is 1.76 bits per heavy atom. The number of nitrogens with zero attached hydrogens (tertiary/aromatic N) is 1. The fraction of sp³-hybridized carbons (Fsp3) is 0.160. The summed E-state index contributed by atoms with van der Waals surface area (Å²) in [6.45, 7) is 0.721. The minimum absolute atomic E-state index is 0.0344. The fourth-order valence-electron chi connectivity index (χ4n) is 3.69. The van der Waals surface area contributed by atoms with Gasteiger partial charge in [0.15, 0.2) is 11.5 Å². The molecule has 3 aromatic carbocycles. The van der Waals surface area contributed by atoms with Crippen molar-refractivity contribution in [3.05, 3.63) is 83.2 Å². The molecular weight excluding hydrogens is 420 g/mol. The van der Waals surface area contributed by atoms with E-state index >= 15 is 0 Å². The van der Waals surface area contributed by atoms with Crippen LogP contribution in [0.3, 0.4) is 0 Å². The number of para-hydroxylation sites is 5. The molecule has 2 heterocycles. The normalized spacial score (nSPS) is 14.6. The number of anilines is 1. The van der Waals surface area contributed by atoms with E-state index in [4.69, 9.17) is 9.47 Å². The van der Waals surface area contributed by atoms with Crippen LogP contribution in [0.4, 0.5) is 5.69 Å². The lowest BCUT2D eigenvalue weighted by Crippen LogP contribution is -2.42. The molecule has 3 N–H and O–H groups in total. The van der Waals surface area contributed by atoms with Crippen molar-refractivity contribution in [2.45, 2.75) is 6.10 Å². The lowest BCUT2D eigenvalue weighted by Gasteiger charge is -2.26. The topological polar surface area (TPSA) is 105 Å². The van der Waals surface area contributed by atoms with E-state index < -0.39 is 0 Å². The number of rotatable bonds is 6. The molecule has 1 amide bonds. The molecule has 0 aliphatic carbocycles. The molecule has 1 atom stereocenters. The first-order valence-corrected chi connectivity index (χ1v) is 10.6. The zero-order chi connectivity index (χ0) is 22.6. The van der Waals surface area contributed by atoms with Crippen LogP contribution in [0.15, 0.2) is 77.6 Å².